The van der Waals surface area contributed by atoms with Gasteiger partial charge in [-0.3, -0.25) is 4.79 Å². The van der Waals surface area contributed by atoms with Crippen LogP contribution in [0, 0.1) is 0 Å². The molecule has 0 aliphatic heterocycles. The second-order valence-electron chi connectivity index (χ2n) is 4.59. The van der Waals surface area contributed by atoms with Gasteiger partial charge in [-0.15, -0.1) is 0 Å². The zero-order valence-corrected chi connectivity index (χ0v) is 15.5. The molecular weight excluding hydrogens is 460 g/mol. The molecule has 1 nitrogen and oxygen atoms in total. The van der Waals surface area contributed by atoms with Gasteiger partial charge in [0.05, 0.1) is 0 Å². The fourth-order valence-corrected chi connectivity index (χ4v) is 3.98. The van der Waals surface area contributed by atoms with Crippen molar-refractivity contribution in [2.45, 2.75) is 0 Å². The first-order valence-electron chi connectivity index (χ1n) is 6.25. The maximum Gasteiger partial charge on any atom is 0.194 e. The van der Waals surface area contributed by atoms with Gasteiger partial charge in [0, 0.05) is 24.5 Å². The zero-order chi connectivity index (χ0) is 15.0. The number of fused-ring (bicyclic) bond motifs is 1. The molecular formula is C17H9Br3O. The minimum atomic E-state index is 0.0121. The van der Waals surface area contributed by atoms with E-state index in [0.29, 0.717) is 11.1 Å². The molecule has 0 bridgehead atoms. The highest BCUT2D eigenvalue weighted by Crippen LogP contribution is 2.30. The summed E-state index contributed by atoms with van der Waals surface area (Å²) in [7, 11) is 0. The quantitative estimate of drug-likeness (QED) is 0.400. The molecule has 104 valence electrons. The maximum atomic E-state index is 12.8. The number of hydrogen-bond acceptors (Lipinski definition) is 1. The van der Waals surface area contributed by atoms with Crippen molar-refractivity contribution in [3.8, 4) is 0 Å². The van der Waals surface area contributed by atoms with Gasteiger partial charge >= 0.3 is 0 Å². The number of benzene rings is 3. The van der Waals surface area contributed by atoms with E-state index in [0.717, 1.165) is 24.2 Å². The van der Waals surface area contributed by atoms with Gasteiger partial charge in [0.1, 0.15) is 0 Å². The highest BCUT2D eigenvalue weighted by atomic mass is 79.9. The van der Waals surface area contributed by atoms with Crippen LogP contribution in [0.1, 0.15) is 15.9 Å². The lowest BCUT2D eigenvalue weighted by Gasteiger charge is -2.09. The number of halogens is 3. The van der Waals surface area contributed by atoms with Crippen molar-refractivity contribution in [3.05, 3.63) is 79.1 Å². The van der Waals surface area contributed by atoms with Crippen LogP contribution in [0.3, 0.4) is 0 Å². The number of ketones is 1. The first-order valence-corrected chi connectivity index (χ1v) is 8.63. The third kappa shape index (κ3) is 2.85. The lowest BCUT2D eigenvalue weighted by molar-refractivity contribution is 0.103. The fourth-order valence-electron chi connectivity index (χ4n) is 2.28. The van der Waals surface area contributed by atoms with E-state index in [-0.39, 0.29) is 5.78 Å². The summed E-state index contributed by atoms with van der Waals surface area (Å²) in [6.45, 7) is 0. The van der Waals surface area contributed by atoms with E-state index in [1.807, 2.05) is 54.6 Å². The van der Waals surface area contributed by atoms with Crippen LogP contribution in [0.15, 0.2) is 68.0 Å². The molecule has 0 radical (unpaired) electrons. The SMILES string of the molecule is O=C(c1ccc(Br)cc1Br)c1ccc(Br)c2ccccc12. The van der Waals surface area contributed by atoms with Crippen LogP contribution in [-0.2, 0) is 0 Å². The van der Waals surface area contributed by atoms with Gasteiger partial charge in [-0.1, -0.05) is 56.1 Å². The van der Waals surface area contributed by atoms with Crippen LogP contribution >= 0.6 is 47.8 Å². The van der Waals surface area contributed by atoms with E-state index >= 15 is 0 Å². The normalized spacial score (nSPS) is 10.8. The highest BCUT2D eigenvalue weighted by Gasteiger charge is 2.16. The molecule has 0 aliphatic carbocycles. The van der Waals surface area contributed by atoms with E-state index in [4.69, 9.17) is 0 Å². The molecule has 0 fully saturated rings. The first-order chi connectivity index (χ1) is 10.1. The summed E-state index contributed by atoms with van der Waals surface area (Å²) in [5, 5.41) is 1.99. The van der Waals surface area contributed by atoms with Gasteiger partial charge in [-0.2, -0.15) is 0 Å². The summed E-state index contributed by atoms with van der Waals surface area (Å²) in [4.78, 5) is 12.8. The summed E-state index contributed by atoms with van der Waals surface area (Å²) in [6.07, 6.45) is 0. The molecule has 3 aromatic rings. The van der Waals surface area contributed by atoms with Crippen molar-refractivity contribution >= 4 is 64.3 Å². The Hall–Kier alpha value is -0.970. The van der Waals surface area contributed by atoms with Gasteiger partial charge < -0.3 is 0 Å². The molecule has 0 saturated carbocycles. The van der Waals surface area contributed by atoms with E-state index < -0.39 is 0 Å². The van der Waals surface area contributed by atoms with Crippen LogP contribution in [0.25, 0.3) is 10.8 Å². The number of carbonyl (C=O) groups is 1. The molecule has 0 aromatic heterocycles. The average Bonchev–Trinajstić information content (AvgIpc) is 2.47. The molecule has 0 unspecified atom stereocenters. The Morgan fingerprint density at radius 3 is 2.10 bits per heavy atom. The Kier molecular flexibility index (Phi) is 4.29. The van der Waals surface area contributed by atoms with Gasteiger partial charge in [-0.05, 0) is 57.0 Å². The topological polar surface area (TPSA) is 17.1 Å². The minimum absolute atomic E-state index is 0.0121. The first kappa shape index (κ1) is 14.9. The molecule has 3 rings (SSSR count). The Morgan fingerprint density at radius 1 is 0.714 bits per heavy atom. The van der Waals surface area contributed by atoms with Gasteiger partial charge in [0.25, 0.3) is 0 Å². The van der Waals surface area contributed by atoms with Crippen LogP contribution < -0.4 is 0 Å². The largest absolute Gasteiger partial charge is 0.289 e. The average molecular weight is 469 g/mol. The standard InChI is InChI=1S/C17H9Br3O/c18-10-5-6-14(16(20)9-10)17(21)13-7-8-15(19)12-4-2-1-3-11(12)13/h1-9H. The fraction of sp³-hybridized carbons (Fsp3) is 0. The molecule has 0 spiro atoms. The molecule has 3 aromatic carbocycles. The predicted octanol–water partition coefficient (Wildman–Crippen LogP) is 6.36. The predicted molar refractivity (Wildman–Crippen MR) is 96.9 cm³/mol. The Balaban J connectivity index is 2.21. The molecule has 0 amide bonds. The van der Waals surface area contributed by atoms with Gasteiger partial charge in [0.15, 0.2) is 5.78 Å². The zero-order valence-electron chi connectivity index (χ0n) is 10.7. The van der Waals surface area contributed by atoms with Crippen molar-refractivity contribution in [1.82, 2.24) is 0 Å². The van der Waals surface area contributed by atoms with Crippen molar-refractivity contribution in [2.24, 2.45) is 0 Å². The highest BCUT2D eigenvalue weighted by molar-refractivity contribution is 9.11. The Bertz CT molecular complexity index is 856. The molecule has 0 N–H and O–H groups in total. The van der Waals surface area contributed by atoms with Gasteiger partial charge in [0.2, 0.25) is 0 Å². The molecule has 4 heteroatoms. The summed E-state index contributed by atoms with van der Waals surface area (Å²) < 4.78 is 2.71. The third-order valence-electron chi connectivity index (χ3n) is 3.29. The van der Waals surface area contributed by atoms with Crippen molar-refractivity contribution in [2.75, 3.05) is 0 Å². The number of hydrogen-bond donors (Lipinski definition) is 0. The molecule has 0 aliphatic rings. The van der Waals surface area contributed by atoms with Crippen molar-refractivity contribution < 1.29 is 4.79 Å². The molecule has 0 atom stereocenters. The third-order valence-corrected chi connectivity index (χ3v) is 5.13. The Morgan fingerprint density at radius 2 is 1.38 bits per heavy atom. The van der Waals surface area contributed by atoms with Gasteiger partial charge in [-0.25, -0.2) is 0 Å². The lowest BCUT2D eigenvalue weighted by Crippen LogP contribution is -2.03. The summed E-state index contributed by atoms with van der Waals surface area (Å²) in [5.41, 5.74) is 1.36. The van der Waals surface area contributed by atoms with Crippen LogP contribution in [0.4, 0.5) is 0 Å². The Labute approximate surface area is 147 Å². The number of rotatable bonds is 2. The summed E-state index contributed by atoms with van der Waals surface area (Å²) >= 11 is 10.4. The van der Waals surface area contributed by atoms with E-state index in [9.17, 15) is 4.79 Å². The van der Waals surface area contributed by atoms with E-state index in [1.165, 1.54) is 0 Å². The van der Waals surface area contributed by atoms with Crippen LogP contribution in [0.2, 0.25) is 0 Å². The van der Waals surface area contributed by atoms with Crippen LogP contribution in [-0.4, -0.2) is 5.78 Å². The lowest BCUT2D eigenvalue weighted by atomic mass is 9.97. The minimum Gasteiger partial charge on any atom is -0.289 e. The number of carbonyl (C=O) groups excluding carboxylic acids is 1. The van der Waals surface area contributed by atoms with Crippen molar-refractivity contribution in [1.29, 1.82) is 0 Å². The molecule has 0 saturated heterocycles. The van der Waals surface area contributed by atoms with Crippen molar-refractivity contribution in [3.63, 3.8) is 0 Å². The maximum absolute atomic E-state index is 12.8. The summed E-state index contributed by atoms with van der Waals surface area (Å²) in [5.74, 6) is 0.0121. The van der Waals surface area contributed by atoms with E-state index in [1.54, 1.807) is 0 Å². The monoisotopic (exact) mass is 466 g/mol. The molecule has 0 heterocycles. The smallest absolute Gasteiger partial charge is 0.194 e. The molecule has 21 heavy (non-hydrogen) atoms. The summed E-state index contributed by atoms with van der Waals surface area (Å²) in [6, 6.07) is 17.3. The second kappa shape index (κ2) is 6.03. The van der Waals surface area contributed by atoms with Crippen LogP contribution in [0.5, 0.6) is 0 Å². The van der Waals surface area contributed by atoms with E-state index in [2.05, 4.69) is 47.8 Å². The second-order valence-corrected chi connectivity index (χ2v) is 7.22.